The molecule has 5 nitrogen and oxygen atoms in total. The van der Waals surface area contributed by atoms with Gasteiger partial charge in [0.15, 0.2) is 5.76 Å². The van der Waals surface area contributed by atoms with Gasteiger partial charge in [0, 0.05) is 12.6 Å². The largest absolute Gasteiger partial charge is 0.370 e. The zero-order chi connectivity index (χ0) is 11.9. The van der Waals surface area contributed by atoms with Crippen LogP contribution in [0.5, 0.6) is 0 Å². The number of hydrogen-bond donors (Lipinski definition) is 2. The van der Waals surface area contributed by atoms with Crippen molar-refractivity contribution in [1.82, 2.24) is 10.1 Å². The van der Waals surface area contributed by atoms with Crippen LogP contribution in [0.3, 0.4) is 0 Å². The summed E-state index contributed by atoms with van der Waals surface area (Å²) in [6, 6.07) is 7.67. The van der Waals surface area contributed by atoms with Crippen molar-refractivity contribution in [3.63, 3.8) is 0 Å². The lowest BCUT2D eigenvalue weighted by Crippen LogP contribution is -2.05. The van der Waals surface area contributed by atoms with Crippen molar-refractivity contribution in [2.45, 2.75) is 19.9 Å². The quantitative estimate of drug-likeness (QED) is 0.801. The predicted molar refractivity (Wildman–Crippen MR) is 66.8 cm³/mol. The summed E-state index contributed by atoms with van der Waals surface area (Å²) in [5, 5.41) is 10.1. The summed E-state index contributed by atoms with van der Waals surface area (Å²) in [5.41, 5.74) is 0. The fourth-order valence-corrected chi connectivity index (χ4v) is 1.40. The van der Waals surface area contributed by atoms with E-state index in [4.69, 9.17) is 4.52 Å². The molecule has 0 radical (unpaired) electrons. The van der Waals surface area contributed by atoms with Gasteiger partial charge in [-0.15, -0.1) is 0 Å². The van der Waals surface area contributed by atoms with Crippen LogP contribution in [-0.2, 0) is 6.54 Å². The van der Waals surface area contributed by atoms with E-state index in [1.807, 2.05) is 24.3 Å². The van der Waals surface area contributed by atoms with Crippen LogP contribution in [0.1, 0.15) is 19.1 Å². The van der Waals surface area contributed by atoms with Gasteiger partial charge in [0.1, 0.15) is 11.6 Å². The van der Waals surface area contributed by atoms with E-state index in [0.717, 1.165) is 30.4 Å². The van der Waals surface area contributed by atoms with Gasteiger partial charge < -0.3 is 15.2 Å². The zero-order valence-electron chi connectivity index (χ0n) is 9.81. The molecule has 2 rings (SSSR count). The highest BCUT2D eigenvalue weighted by atomic mass is 16.5. The fraction of sp³-hybridized carbons (Fsp3) is 0.333. The van der Waals surface area contributed by atoms with Crippen LogP contribution in [0.25, 0.3) is 0 Å². The number of rotatable bonds is 6. The summed E-state index contributed by atoms with van der Waals surface area (Å²) >= 11 is 0. The number of anilines is 2. The van der Waals surface area contributed by atoms with Gasteiger partial charge in [-0.25, -0.2) is 4.98 Å². The maximum atomic E-state index is 4.99. The lowest BCUT2D eigenvalue weighted by atomic mass is 10.4. The van der Waals surface area contributed by atoms with Crippen LogP contribution in [0.2, 0.25) is 0 Å². The molecular formula is C12H16N4O. The van der Waals surface area contributed by atoms with Crippen molar-refractivity contribution in [3.05, 3.63) is 36.2 Å². The van der Waals surface area contributed by atoms with Crippen molar-refractivity contribution in [1.29, 1.82) is 0 Å². The molecule has 0 bridgehead atoms. The third kappa shape index (κ3) is 3.48. The molecule has 90 valence electrons. The molecule has 0 aliphatic rings. The van der Waals surface area contributed by atoms with E-state index in [0.29, 0.717) is 6.54 Å². The second-order valence-corrected chi connectivity index (χ2v) is 3.67. The molecule has 0 fully saturated rings. The van der Waals surface area contributed by atoms with E-state index in [9.17, 15) is 0 Å². The zero-order valence-corrected chi connectivity index (χ0v) is 9.81. The number of hydrogen-bond acceptors (Lipinski definition) is 5. The molecule has 2 N–H and O–H groups in total. The summed E-state index contributed by atoms with van der Waals surface area (Å²) in [7, 11) is 0. The third-order valence-corrected chi connectivity index (χ3v) is 2.24. The van der Waals surface area contributed by atoms with Gasteiger partial charge in [0.2, 0.25) is 0 Å². The summed E-state index contributed by atoms with van der Waals surface area (Å²) in [6.45, 7) is 3.64. The Morgan fingerprint density at radius 3 is 2.71 bits per heavy atom. The molecule has 0 atom stereocenters. The molecule has 0 aliphatic carbocycles. The Balaban J connectivity index is 1.91. The normalized spacial score (nSPS) is 10.2. The highest BCUT2D eigenvalue weighted by Crippen LogP contribution is 2.10. The van der Waals surface area contributed by atoms with Crippen LogP contribution >= 0.6 is 0 Å². The molecule has 0 unspecified atom stereocenters. The molecule has 0 saturated carbocycles. The second kappa shape index (κ2) is 5.89. The van der Waals surface area contributed by atoms with Crippen LogP contribution in [0.15, 0.2) is 35.0 Å². The average molecular weight is 232 g/mol. The Labute approximate surface area is 100 Å². The average Bonchev–Trinajstić information content (AvgIpc) is 2.87. The van der Waals surface area contributed by atoms with Crippen molar-refractivity contribution in [2.75, 3.05) is 17.2 Å². The molecule has 0 aromatic carbocycles. The van der Waals surface area contributed by atoms with Gasteiger partial charge in [-0.3, -0.25) is 0 Å². The highest BCUT2D eigenvalue weighted by molar-refractivity contribution is 5.45. The number of aromatic nitrogens is 2. The number of nitrogens with zero attached hydrogens (tertiary/aromatic N) is 2. The van der Waals surface area contributed by atoms with Crippen LogP contribution in [0, 0.1) is 0 Å². The lowest BCUT2D eigenvalue weighted by Gasteiger charge is -2.07. The van der Waals surface area contributed by atoms with Crippen LogP contribution in [-0.4, -0.2) is 16.7 Å². The molecule has 0 amide bonds. The van der Waals surface area contributed by atoms with Gasteiger partial charge in [-0.05, 0) is 18.6 Å². The molecule has 0 saturated heterocycles. The first-order valence-corrected chi connectivity index (χ1v) is 5.73. The minimum absolute atomic E-state index is 0.588. The van der Waals surface area contributed by atoms with Crippen molar-refractivity contribution in [2.24, 2.45) is 0 Å². The third-order valence-electron chi connectivity index (χ3n) is 2.24. The molecule has 0 aliphatic heterocycles. The Morgan fingerprint density at radius 1 is 1.18 bits per heavy atom. The summed E-state index contributed by atoms with van der Waals surface area (Å²) in [4.78, 5) is 4.43. The molecule has 5 heteroatoms. The highest BCUT2D eigenvalue weighted by Gasteiger charge is 1.99. The Hall–Kier alpha value is -2.04. The molecule has 2 aromatic rings. The van der Waals surface area contributed by atoms with E-state index < -0.39 is 0 Å². The summed E-state index contributed by atoms with van der Waals surface area (Å²) in [6.07, 6.45) is 2.71. The minimum atomic E-state index is 0.588. The minimum Gasteiger partial charge on any atom is -0.370 e. The monoisotopic (exact) mass is 232 g/mol. The fourth-order valence-electron chi connectivity index (χ4n) is 1.40. The first kappa shape index (κ1) is 11.4. The van der Waals surface area contributed by atoms with Gasteiger partial charge in [-0.2, -0.15) is 0 Å². The Morgan fingerprint density at radius 2 is 2.00 bits per heavy atom. The lowest BCUT2D eigenvalue weighted by molar-refractivity contribution is 0.388. The van der Waals surface area contributed by atoms with Crippen LogP contribution < -0.4 is 10.6 Å². The van der Waals surface area contributed by atoms with Gasteiger partial charge in [0.25, 0.3) is 0 Å². The van der Waals surface area contributed by atoms with E-state index in [2.05, 4.69) is 27.7 Å². The first-order valence-electron chi connectivity index (χ1n) is 5.73. The number of nitrogens with one attached hydrogen (secondary N) is 2. The molecule has 0 spiro atoms. The van der Waals surface area contributed by atoms with Gasteiger partial charge in [-0.1, -0.05) is 18.1 Å². The smallest absolute Gasteiger partial charge is 0.155 e. The predicted octanol–water partition coefficient (Wildman–Crippen LogP) is 2.50. The molecular weight excluding hydrogens is 216 g/mol. The van der Waals surface area contributed by atoms with Crippen LogP contribution in [0.4, 0.5) is 11.6 Å². The molecule has 17 heavy (non-hydrogen) atoms. The maximum Gasteiger partial charge on any atom is 0.155 e. The first-order chi connectivity index (χ1) is 8.38. The standard InChI is InChI=1S/C12H16N4O/c1-2-7-13-11-4-3-5-12(16-11)14-9-10-6-8-15-17-10/h3-6,8H,2,7,9H2,1H3,(H2,13,14,16). The molecule has 2 aromatic heterocycles. The SMILES string of the molecule is CCCNc1cccc(NCc2ccno2)n1. The Kier molecular flexibility index (Phi) is 3.96. The maximum absolute atomic E-state index is 4.99. The molecule has 2 heterocycles. The van der Waals surface area contributed by atoms with Crippen molar-refractivity contribution < 1.29 is 4.52 Å². The van der Waals surface area contributed by atoms with E-state index >= 15 is 0 Å². The van der Waals surface area contributed by atoms with Crippen molar-refractivity contribution >= 4 is 11.6 Å². The van der Waals surface area contributed by atoms with E-state index in [1.165, 1.54) is 0 Å². The van der Waals surface area contributed by atoms with Crippen molar-refractivity contribution in [3.8, 4) is 0 Å². The Bertz CT molecular complexity index is 442. The van der Waals surface area contributed by atoms with E-state index in [1.54, 1.807) is 6.20 Å². The topological polar surface area (TPSA) is 63.0 Å². The second-order valence-electron chi connectivity index (χ2n) is 3.67. The van der Waals surface area contributed by atoms with E-state index in [-0.39, 0.29) is 0 Å². The summed E-state index contributed by atoms with van der Waals surface area (Å²) < 4.78 is 4.99. The number of pyridine rings is 1. The van der Waals surface area contributed by atoms with Gasteiger partial charge in [0.05, 0.1) is 12.7 Å². The summed E-state index contributed by atoms with van der Waals surface area (Å²) in [5.74, 6) is 2.50. The van der Waals surface area contributed by atoms with Gasteiger partial charge >= 0.3 is 0 Å².